The first kappa shape index (κ1) is 20.9. The van der Waals surface area contributed by atoms with Gasteiger partial charge < -0.3 is 16.6 Å². The van der Waals surface area contributed by atoms with Crippen LogP contribution in [0.1, 0.15) is 37.8 Å². The number of carbonyl (C=O) groups is 1. The Kier molecular flexibility index (Phi) is 7.85. The Morgan fingerprint density at radius 3 is 2.40 bits per heavy atom. The first-order valence-corrected chi connectivity index (χ1v) is 9.61. The number of hydrogen-bond acceptors (Lipinski definition) is 4. The number of nitrogens with zero attached hydrogens (tertiary/aromatic N) is 1. The quantitative estimate of drug-likeness (QED) is 0.269. The van der Waals surface area contributed by atoms with Gasteiger partial charge in [-0.15, -0.1) is 0 Å². The molecular weight excluding hydrogens is 344 g/mol. The molecule has 8 nitrogen and oxygen atoms in total. The number of aliphatic carboxylic acids is 1. The summed E-state index contributed by atoms with van der Waals surface area (Å²) in [6.07, 6.45) is 1.93. The second-order valence-electron chi connectivity index (χ2n) is 5.60. The molecule has 0 spiro atoms. The Morgan fingerprint density at radius 2 is 1.88 bits per heavy atom. The van der Waals surface area contributed by atoms with Gasteiger partial charge in [0.05, 0.1) is 4.90 Å². The van der Waals surface area contributed by atoms with Crippen LogP contribution in [0.5, 0.6) is 0 Å². The zero-order valence-electron chi connectivity index (χ0n) is 14.5. The van der Waals surface area contributed by atoms with Crippen LogP contribution < -0.4 is 16.2 Å². The van der Waals surface area contributed by atoms with Gasteiger partial charge in [-0.25, -0.2) is 8.42 Å². The molecule has 0 aromatic heterocycles. The van der Waals surface area contributed by atoms with E-state index in [-0.39, 0.29) is 23.8 Å². The van der Waals surface area contributed by atoms with Crippen LogP contribution in [0.3, 0.4) is 0 Å². The van der Waals surface area contributed by atoms with Gasteiger partial charge in [-0.05, 0) is 48.9 Å². The highest BCUT2D eigenvalue weighted by atomic mass is 32.2. The zero-order valence-corrected chi connectivity index (χ0v) is 15.3. The lowest BCUT2D eigenvalue weighted by Gasteiger charge is -2.15. The molecule has 6 N–H and O–H groups in total. The van der Waals surface area contributed by atoms with Crippen molar-refractivity contribution in [3.8, 4) is 0 Å². The molecule has 0 aliphatic rings. The van der Waals surface area contributed by atoms with Crippen LogP contribution in [0.15, 0.2) is 28.1 Å². The summed E-state index contributed by atoms with van der Waals surface area (Å²) in [6, 6.07) is 3.62. The van der Waals surface area contributed by atoms with Crippen LogP contribution in [0, 0.1) is 0 Å². The van der Waals surface area contributed by atoms with E-state index in [4.69, 9.17) is 11.5 Å². The summed E-state index contributed by atoms with van der Waals surface area (Å²) in [5.74, 6) is -1.33. The molecule has 0 unspecified atom stereocenters. The van der Waals surface area contributed by atoms with Crippen molar-refractivity contribution in [3.05, 3.63) is 29.3 Å². The molecule has 1 atom stereocenters. The Labute approximate surface area is 148 Å². The molecule has 0 saturated heterocycles. The minimum Gasteiger partial charge on any atom is -0.480 e. The lowest BCUT2D eigenvalue weighted by Crippen LogP contribution is -2.40. The molecule has 0 heterocycles. The van der Waals surface area contributed by atoms with Crippen LogP contribution in [-0.4, -0.2) is 38.0 Å². The fraction of sp³-hybridized carbons (Fsp3) is 0.500. The van der Waals surface area contributed by atoms with Crippen molar-refractivity contribution < 1.29 is 18.3 Å². The molecule has 0 bridgehead atoms. The Balaban J connectivity index is 2.92. The van der Waals surface area contributed by atoms with E-state index in [0.717, 1.165) is 17.5 Å². The number of aliphatic imine (C=N–C) groups is 1. The predicted molar refractivity (Wildman–Crippen MR) is 96.9 cm³/mol. The van der Waals surface area contributed by atoms with Crippen LogP contribution in [0.4, 0.5) is 0 Å². The summed E-state index contributed by atoms with van der Waals surface area (Å²) in [6.45, 7) is 4.18. The Hall–Kier alpha value is -2.13. The average Bonchev–Trinajstić information content (AvgIpc) is 2.56. The molecule has 25 heavy (non-hydrogen) atoms. The van der Waals surface area contributed by atoms with E-state index in [1.807, 2.05) is 13.8 Å². The van der Waals surface area contributed by atoms with Gasteiger partial charge in [-0.3, -0.25) is 9.79 Å². The summed E-state index contributed by atoms with van der Waals surface area (Å²) >= 11 is 0. The number of carboxylic acids is 1. The molecule has 1 rings (SSSR count). The minimum absolute atomic E-state index is 0.0667. The van der Waals surface area contributed by atoms with E-state index in [2.05, 4.69) is 9.71 Å². The van der Waals surface area contributed by atoms with Crippen molar-refractivity contribution in [2.75, 3.05) is 6.54 Å². The zero-order chi connectivity index (χ0) is 19.0. The largest absolute Gasteiger partial charge is 0.480 e. The second-order valence-corrected chi connectivity index (χ2v) is 7.31. The van der Waals surface area contributed by atoms with Gasteiger partial charge in [-0.2, -0.15) is 4.72 Å². The fourth-order valence-corrected chi connectivity index (χ4v) is 3.71. The smallest absolute Gasteiger partial charge is 0.321 e. The number of nitrogens with one attached hydrogen (secondary N) is 1. The lowest BCUT2D eigenvalue weighted by atomic mass is 10.0. The van der Waals surface area contributed by atoms with Crippen LogP contribution in [-0.2, 0) is 27.7 Å². The standard InChI is InChI=1S/C16H26N4O4S/c1-3-11-7-8-13(10-12(11)4-2)25(23,24)20-14(15(21)22)6-5-9-19-16(17)18/h7-8,10,14,20H,3-6,9H2,1-2H3,(H,21,22)(H4,17,18,19)/t14-/m1/s1. The highest BCUT2D eigenvalue weighted by Crippen LogP contribution is 2.18. The molecule has 1 aromatic carbocycles. The highest BCUT2D eigenvalue weighted by Gasteiger charge is 2.25. The molecule has 140 valence electrons. The molecule has 0 amide bonds. The van der Waals surface area contributed by atoms with E-state index in [1.54, 1.807) is 12.1 Å². The Bertz CT molecular complexity index is 728. The predicted octanol–water partition coefficient (Wildman–Crippen LogP) is 0.597. The molecule has 0 aliphatic heterocycles. The number of carboxylic acid groups (broad SMARTS) is 1. The van der Waals surface area contributed by atoms with Gasteiger partial charge >= 0.3 is 5.97 Å². The lowest BCUT2D eigenvalue weighted by molar-refractivity contribution is -0.139. The number of guanidine groups is 1. The number of sulfonamides is 1. The topological polar surface area (TPSA) is 148 Å². The van der Waals surface area contributed by atoms with Gasteiger partial charge in [-0.1, -0.05) is 19.9 Å². The molecule has 1 aromatic rings. The third-order valence-corrected chi connectivity index (χ3v) is 5.26. The van der Waals surface area contributed by atoms with Crippen molar-refractivity contribution in [1.82, 2.24) is 4.72 Å². The maximum atomic E-state index is 12.5. The molecule has 9 heteroatoms. The fourth-order valence-electron chi connectivity index (χ4n) is 2.44. The highest BCUT2D eigenvalue weighted by molar-refractivity contribution is 7.89. The van der Waals surface area contributed by atoms with Crippen molar-refractivity contribution in [2.24, 2.45) is 16.5 Å². The van der Waals surface area contributed by atoms with Crippen molar-refractivity contribution in [2.45, 2.75) is 50.5 Å². The summed E-state index contributed by atoms with van der Waals surface area (Å²) in [4.78, 5) is 15.2. The van der Waals surface area contributed by atoms with Gasteiger partial charge in [0.2, 0.25) is 10.0 Å². The minimum atomic E-state index is -3.93. The first-order chi connectivity index (χ1) is 11.7. The number of nitrogens with two attached hydrogens (primary N) is 2. The third kappa shape index (κ3) is 6.35. The van der Waals surface area contributed by atoms with Crippen LogP contribution in [0.2, 0.25) is 0 Å². The summed E-state index contributed by atoms with van der Waals surface area (Å²) in [5.41, 5.74) is 12.4. The van der Waals surface area contributed by atoms with Gasteiger partial charge in [0, 0.05) is 6.54 Å². The summed E-state index contributed by atoms with van der Waals surface area (Å²) in [7, 11) is -3.93. The van der Waals surface area contributed by atoms with Crippen molar-refractivity contribution in [3.63, 3.8) is 0 Å². The molecule has 0 aliphatic carbocycles. The first-order valence-electron chi connectivity index (χ1n) is 8.13. The molecular formula is C16H26N4O4S. The summed E-state index contributed by atoms with van der Waals surface area (Å²) < 4.78 is 27.3. The molecule has 0 saturated carbocycles. The molecule has 0 radical (unpaired) electrons. The van der Waals surface area contributed by atoms with E-state index < -0.39 is 22.0 Å². The number of aryl methyl sites for hydroxylation is 2. The number of hydrogen-bond donors (Lipinski definition) is 4. The normalized spacial score (nSPS) is 12.6. The van der Waals surface area contributed by atoms with Crippen LogP contribution in [0.25, 0.3) is 0 Å². The van der Waals surface area contributed by atoms with Gasteiger partial charge in [0.25, 0.3) is 0 Å². The number of benzene rings is 1. The van der Waals surface area contributed by atoms with Crippen LogP contribution >= 0.6 is 0 Å². The third-order valence-electron chi connectivity index (χ3n) is 3.79. The average molecular weight is 370 g/mol. The second kappa shape index (κ2) is 9.38. The van der Waals surface area contributed by atoms with Crippen molar-refractivity contribution in [1.29, 1.82) is 0 Å². The maximum absolute atomic E-state index is 12.5. The number of rotatable bonds is 10. The SMILES string of the molecule is CCc1ccc(S(=O)(=O)N[C@H](CCCN=C(N)N)C(=O)O)cc1CC. The molecule has 0 fully saturated rings. The van der Waals surface area contributed by atoms with Crippen molar-refractivity contribution >= 4 is 22.0 Å². The van der Waals surface area contributed by atoms with E-state index in [1.165, 1.54) is 6.07 Å². The maximum Gasteiger partial charge on any atom is 0.321 e. The van der Waals surface area contributed by atoms with Gasteiger partial charge in [0.15, 0.2) is 5.96 Å². The Morgan fingerprint density at radius 1 is 1.24 bits per heavy atom. The summed E-state index contributed by atoms with van der Waals surface area (Å²) in [5, 5.41) is 9.26. The van der Waals surface area contributed by atoms with E-state index in [9.17, 15) is 18.3 Å². The monoisotopic (exact) mass is 370 g/mol. The van der Waals surface area contributed by atoms with E-state index in [0.29, 0.717) is 12.8 Å². The van der Waals surface area contributed by atoms with Gasteiger partial charge in [0.1, 0.15) is 6.04 Å². The van der Waals surface area contributed by atoms with E-state index >= 15 is 0 Å².